The molecule has 2 saturated heterocycles. The molecule has 2 bridgehead atoms. The molecule has 3 atom stereocenters. The van der Waals surface area contributed by atoms with Crippen LogP contribution in [0.25, 0.3) is 0 Å². The van der Waals surface area contributed by atoms with E-state index in [1.807, 2.05) is 0 Å². The number of halogens is 1. The Balaban J connectivity index is 1.99. The van der Waals surface area contributed by atoms with Gasteiger partial charge in [0.2, 0.25) is 10.0 Å². The highest BCUT2D eigenvalue weighted by Gasteiger charge is 2.43. The van der Waals surface area contributed by atoms with E-state index in [2.05, 4.69) is 11.8 Å². The summed E-state index contributed by atoms with van der Waals surface area (Å²) in [5, 5.41) is 9.39. The van der Waals surface area contributed by atoms with Gasteiger partial charge in [-0.3, -0.25) is 0 Å². The lowest BCUT2D eigenvalue weighted by molar-refractivity contribution is 0.0805. The molecule has 2 heterocycles. The molecular formula is C16H18FN3O4S. The van der Waals surface area contributed by atoms with Gasteiger partial charge in [0.15, 0.2) is 0 Å². The maximum Gasteiger partial charge on any atom is 0.407 e. The Morgan fingerprint density at radius 3 is 2.80 bits per heavy atom. The van der Waals surface area contributed by atoms with Crippen molar-refractivity contribution >= 4 is 21.8 Å². The third kappa shape index (κ3) is 3.41. The van der Waals surface area contributed by atoms with E-state index < -0.39 is 28.0 Å². The SMILES string of the molecule is Nc1cccc(F)c1C#CC1CN(C(=O)O)C2CCCS(=O)(=O)N1C2. The second kappa shape index (κ2) is 6.54. The zero-order valence-electron chi connectivity index (χ0n) is 13.4. The summed E-state index contributed by atoms with van der Waals surface area (Å²) in [6.45, 7) is 0.00131. The molecule has 1 amide bonds. The summed E-state index contributed by atoms with van der Waals surface area (Å²) in [6.07, 6.45) is -0.225. The van der Waals surface area contributed by atoms with Crippen LogP contribution in [-0.2, 0) is 10.0 Å². The highest BCUT2D eigenvalue weighted by Crippen LogP contribution is 2.26. The number of anilines is 1. The molecule has 0 spiro atoms. The zero-order valence-corrected chi connectivity index (χ0v) is 14.2. The minimum Gasteiger partial charge on any atom is -0.465 e. The van der Waals surface area contributed by atoms with Crippen molar-refractivity contribution in [3.63, 3.8) is 0 Å². The summed E-state index contributed by atoms with van der Waals surface area (Å²) >= 11 is 0. The van der Waals surface area contributed by atoms with Crippen LogP contribution in [0.1, 0.15) is 18.4 Å². The van der Waals surface area contributed by atoms with Crippen molar-refractivity contribution in [3.8, 4) is 11.8 Å². The molecule has 0 aromatic heterocycles. The molecule has 2 aliphatic rings. The van der Waals surface area contributed by atoms with Gasteiger partial charge < -0.3 is 15.7 Å². The first-order chi connectivity index (χ1) is 11.8. The number of piperazine rings is 1. The monoisotopic (exact) mass is 367 g/mol. The van der Waals surface area contributed by atoms with Gasteiger partial charge in [0, 0.05) is 12.6 Å². The number of rotatable bonds is 0. The number of carbonyl (C=O) groups is 1. The molecular weight excluding hydrogens is 349 g/mol. The molecule has 1 aromatic rings. The normalized spacial score (nSPS) is 27.7. The lowest BCUT2D eigenvalue weighted by atomic mass is 10.0. The van der Waals surface area contributed by atoms with Crippen LogP contribution in [0.3, 0.4) is 0 Å². The first-order valence-electron chi connectivity index (χ1n) is 7.84. The summed E-state index contributed by atoms with van der Waals surface area (Å²) in [4.78, 5) is 12.7. The number of sulfonamides is 1. The van der Waals surface area contributed by atoms with Gasteiger partial charge in [-0.2, -0.15) is 4.31 Å². The fourth-order valence-corrected chi connectivity index (χ4v) is 4.89. The van der Waals surface area contributed by atoms with E-state index >= 15 is 0 Å². The Hall–Kier alpha value is -2.31. The van der Waals surface area contributed by atoms with Gasteiger partial charge in [0.05, 0.1) is 23.5 Å². The second-order valence-electron chi connectivity index (χ2n) is 6.11. The molecule has 1 aromatic carbocycles. The summed E-state index contributed by atoms with van der Waals surface area (Å²) < 4.78 is 40.0. The van der Waals surface area contributed by atoms with Crippen molar-refractivity contribution in [1.29, 1.82) is 0 Å². The zero-order chi connectivity index (χ0) is 18.2. The number of amides is 1. The molecule has 25 heavy (non-hydrogen) atoms. The third-order valence-electron chi connectivity index (χ3n) is 4.50. The van der Waals surface area contributed by atoms with Gasteiger partial charge in [0.1, 0.15) is 11.9 Å². The topological polar surface area (TPSA) is 104 Å². The summed E-state index contributed by atoms with van der Waals surface area (Å²) in [5.74, 6) is 4.66. The van der Waals surface area contributed by atoms with Crippen LogP contribution in [0, 0.1) is 17.7 Å². The second-order valence-corrected chi connectivity index (χ2v) is 8.15. The van der Waals surface area contributed by atoms with Crippen LogP contribution in [0.4, 0.5) is 14.9 Å². The minimum absolute atomic E-state index is 0.0151. The van der Waals surface area contributed by atoms with Crippen molar-refractivity contribution in [2.45, 2.75) is 24.9 Å². The Labute approximate surface area is 145 Å². The Bertz CT molecular complexity index is 842. The fraction of sp³-hybridized carbons (Fsp3) is 0.438. The van der Waals surface area contributed by atoms with Crippen molar-refractivity contribution in [1.82, 2.24) is 9.21 Å². The van der Waals surface area contributed by atoms with Crippen molar-refractivity contribution < 1.29 is 22.7 Å². The largest absolute Gasteiger partial charge is 0.465 e. The molecule has 0 saturated carbocycles. The number of nitrogens with two attached hydrogens (primary N) is 1. The van der Waals surface area contributed by atoms with E-state index in [4.69, 9.17) is 5.73 Å². The molecule has 134 valence electrons. The molecule has 2 aliphatic heterocycles. The first-order valence-corrected chi connectivity index (χ1v) is 9.45. The molecule has 9 heteroatoms. The molecule has 7 nitrogen and oxygen atoms in total. The maximum absolute atomic E-state index is 13.9. The number of carboxylic acid groups (broad SMARTS) is 1. The molecule has 3 N–H and O–H groups in total. The summed E-state index contributed by atoms with van der Waals surface area (Å²) in [5.41, 5.74) is 5.85. The Morgan fingerprint density at radius 1 is 1.36 bits per heavy atom. The lowest BCUT2D eigenvalue weighted by Gasteiger charge is -2.40. The summed E-state index contributed by atoms with van der Waals surface area (Å²) in [7, 11) is -3.53. The van der Waals surface area contributed by atoms with Gasteiger partial charge in [-0.25, -0.2) is 17.6 Å². The molecule has 0 aliphatic carbocycles. The standard InChI is InChI=1S/C16H18FN3O4S/c17-14-4-1-5-15(18)13(14)7-6-12-9-19(16(21)22)11-3-2-8-25(23,24)20(12)10-11/h1,4-5,11-12H,2-3,8-10,18H2,(H,21,22). The van der Waals surface area contributed by atoms with E-state index in [0.717, 1.165) is 0 Å². The highest BCUT2D eigenvalue weighted by atomic mass is 32.2. The van der Waals surface area contributed by atoms with Gasteiger partial charge in [-0.15, -0.1) is 0 Å². The third-order valence-corrected chi connectivity index (χ3v) is 6.42. The lowest BCUT2D eigenvalue weighted by Crippen LogP contribution is -2.59. The van der Waals surface area contributed by atoms with Crippen molar-refractivity contribution in [2.24, 2.45) is 0 Å². The van der Waals surface area contributed by atoms with Gasteiger partial charge in [0.25, 0.3) is 0 Å². The molecule has 2 fully saturated rings. The molecule has 3 unspecified atom stereocenters. The predicted octanol–water partition coefficient (Wildman–Crippen LogP) is 0.916. The van der Waals surface area contributed by atoms with Crippen LogP contribution in [0.15, 0.2) is 18.2 Å². The number of fused-ring (bicyclic) bond motifs is 2. The van der Waals surface area contributed by atoms with Crippen molar-refractivity contribution in [2.75, 3.05) is 24.6 Å². The van der Waals surface area contributed by atoms with E-state index in [0.29, 0.717) is 12.8 Å². The Kier molecular flexibility index (Phi) is 4.58. The minimum atomic E-state index is -3.53. The van der Waals surface area contributed by atoms with Crippen LogP contribution >= 0.6 is 0 Å². The fourth-order valence-electron chi connectivity index (χ4n) is 3.21. The van der Waals surface area contributed by atoms with Gasteiger partial charge >= 0.3 is 6.09 Å². The van der Waals surface area contributed by atoms with Crippen LogP contribution in [0.2, 0.25) is 0 Å². The predicted molar refractivity (Wildman–Crippen MR) is 89.7 cm³/mol. The van der Waals surface area contributed by atoms with E-state index in [-0.39, 0.29) is 36.1 Å². The number of benzene rings is 1. The number of hydrogen-bond acceptors (Lipinski definition) is 4. The molecule has 3 rings (SSSR count). The van der Waals surface area contributed by atoms with E-state index in [1.165, 1.54) is 27.4 Å². The Morgan fingerprint density at radius 2 is 2.12 bits per heavy atom. The van der Waals surface area contributed by atoms with Gasteiger partial charge in [-0.05, 0) is 25.0 Å². The van der Waals surface area contributed by atoms with Crippen LogP contribution in [0.5, 0.6) is 0 Å². The molecule has 0 radical (unpaired) electrons. The average Bonchev–Trinajstić information content (AvgIpc) is 2.66. The quantitative estimate of drug-likeness (QED) is 0.524. The highest BCUT2D eigenvalue weighted by molar-refractivity contribution is 7.89. The van der Waals surface area contributed by atoms with Gasteiger partial charge in [-0.1, -0.05) is 17.9 Å². The smallest absolute Gasteiger partial charge is 0.407 e. The average molecular weight is 367 g/mol. The van der Waals surface area contributed by atoms with Crippen LogP contribution < -0.4 is 5.73 Å². The van der Waals surface area contributed by atoms with Crippen LogP contribution in [-0.4, -0.2) is 59.7 Å². The first kappa shape index (κ1) is 17.5. The van der Waals surface area contributed by atoms with Crippen molar-refractivity contribution in [3.05, 3.63) is 29.6 Å². The number of hydrogen-bond donors (Lipinski definition) is 2. The van der Waals surface area contributed by atoms with E-state index in [9.17, 15) is 22.7 Å². The number of nitrogen functional groups attached to an aromatic ring is 1. The maximum atomic E-state index is 13.9. The summed E-state index contributed by atoms with van der Waals surface area (Å²) in [6, 6.07) is 2.91. The van der Waals surface area contributed by atoms with E-state index in [1.54, 1.807) is 0 Å². The number of nitrogens with zero attached hydrogens (tertiary/aromatic N) is 2.